The first-order valence-electron chi connectivity index (χ1n) is 6.28. The Morgan fingerprint density at radius 1 is 1.29 bits per heavy atom. The highest BCUT2D eigenvalue weighted by atomic mass is 35.5. The zero-order valence-electron chi connectivity index (χ0n) is 11.1. The van der Waals surface area contributed by atoms with Gasteiger partial charge in [-0.25, -0.2) is 4.39 Å². The normalized spacial score (nSPS) is 10.2. The second-order valence-corrected chi connectivity index (χ2v) is 4.75. The third-order valence-electron chi connectivity index (χ3n) is 2.66. The monoisotopic (exact) mass is 308 g/mol. The summed E-state index contributed by atoms with van der Waals surface area (Å²) in [5, 5.41) is 2.75. The molecule has 0 saturated carbocycles. The van der Waals surface area contributed by atoms with Crippen LogP contribution in [-0.2, 0) is 4.79 Å². The van der Waals surface area contributed by atoms with Crippen LogP contribution in [0.1, 0.15) is 6.42 Å². The molecule has 4 nitrogen and oxygen atoms in total. The average Bonchev–Trinajstić information content (AvgIpc) is 2.42. The molecule has 0 aliphatic carbocycles. The Balaban J connectivity index is 1.82. The Labute approximate surface area is 126 Å². The minimum absolute atomic E-state index is 0.141. The first-order valence-corrected chi connectivity index (χ1v) is 6.65. The molecule has 0 aliphatic rings. The maximum absolute atomic E-state index is 12.9. The minimum Gasteiger partial charge on any atom is -0.493 e. The van der Waals surface area contributed by atoms with Crippen LogP contribution < -0.4 is 15.8 Å². The van der Waals surface area contributed by atoms with E-state index in [9.17, 15) is 9.18 Å². The van der Waals surface area contributed by atoms with Crippen molar-refractivity contribution in [1.29, 1.82) is 0 Å². The van der Waals surface area contributed by atoms with E-state index in [-0.39, 0.29) is 24.0 Å². The van der Waals surface area contributed by atoms with Crippen LogP contribution in [0.15, 0.2) is 42.5 Å². The number of carbonyl (C=O) groups excluding carboxylic acids is 1. The van der Waals surface area contributed by atoms with Gasteiger partial charge in [-0.05, 0) is 30.3 Å². The molecule has 1 amide bonds. The third kappa shape index (κ3) is 4.65. The maximum Gasteiger partial charge on any atom is 0.227 e. The molecular weight excluding hydrogens is 295 g/mol. The fraction of sp³-hybridized carbons (Fsp3) is 0.133. The van der Waals surface area contributed by atoms with Crippen molar-refractivity contribution in [3.05, 3.63) is 53.3 Å². The van der Waals surface area contributed by atoms with Crippen LogP contribution in [0.4, 0.5) is 15.8 Å². The van der Waals surface area contributed by atoms with E-state index < -0.39 is 5.82 Å². The molecule has 0 heterocycles. The van der Waals surface area contributed by atoms with E-state index in [1.807, 2.05) is 0 Å². The molecule has 0 atom stereocenters. The average molecular weight is 309 g/mol. The van der Waals surface area contributed by atoms with Gasteiger partial charge in [-0.1, -0.05) is 17.7 Å². The first kappa shape index (κ1) is 15.1. The van der Waals surface area contributed by atoms with E-state index in [1.54, 1.807) is 24.3 Å². The second-order valence-electron chi connectivity index (χ2n) is 4.34. The zero-order valence-corrected chi connectivity index (χ0v) is 11.9. The van der Waals surface area contributed by atoms with Crippen LogP contribution in [0.25, 0.3) is 0 Å². The summed E-state index contributed by atoms with van der Waals surface area (Å²) in [4.78, 5) is 11.7. The lowest BCUT2D eigenvalue weighted by molar-refractivity contribution is -0.116. The second kappa shape index (κ2) is 6.95. The van der Waals surface area contributed by atoms with Crippen molar-refractivity contribution in [2.24, 2.45) is 0 Å². The van der Waals surface area contributed by atoms with E-state index in [2.05, 4.69) is 5.32 Å². The van der Waals surface area contributed by atoms with Gasteiger partial charge in [0.15, 0.2) is 0 Å². The number of rotatable bonds is 5. The molecule has 2 rings (SSSR count). The number of nitrogens with one attached hydrogen (secondary N) is 1. The van der Waals surface area contributed by atoms with Crippen LogP contribution in [0.5, 0.6) is 5.75 Å². The summed E-state index contributed by atoms with van der Waals surface area (Å²) in [7, 11) is 0. The highest BCUT2D eigenvalue weighted by Gasteiger charge is 2.07. The molecule has 0 spiro atoms. The largest absolute Gasteiger partial charge is 0.493 e. The predicted octanol–water partition coefficient (Wildman–Crippen LogP) is 3.47. The SMILES string of the molecule is Nc1cccc(OCCC(=O)Nc2ccc(F)cc2Cl)c1. The number of amides is 1. The number of halogens is 2. The van der Waals surface area contributed by atoms with Gasteiger partial charge in [0, 0.05) is 11.8 Å². The van der Waals surface area contributed by atoms with Crippen LogP contribution in [0, 0.1) is 5.82 Å². The van der Waals surface area contributed by atoms with Gasteiger partial charge in [0.25, 0.3) is 0 Å². The van der Waals surface area contributed by atoms with Gasteiger partial charge >= 0.3 is 0 Å². The predicted molar refractivity (Wildman–Crippen MR) is 81.0 cm³/mol. The number of carbonyl (C=O) groups is 1. The minimum atomic E-state index is -0.456. The summed E-state index contributed by atoms with van der Waals surface area (Å²) >= 11 is 5.82. The number of hydrogen-bond donors (Lipinski definition) is 2. The van der Waals surface area contributed by atoms with Gasteiger partial charge in [0.2, 0.25) is 5.91 Å². The Kier molecular flexibility index (Phi) is 5.00. The van der Waals surface area contributed by atoms with Crippen molar-refractivity contribution < 1.29 is 13.9 Å². The van der Waals surface area contributed by atoms with Gasteiger partial charge < -0.3 is 15.8 Å². The molecule has 2 aromatic carbocycles. The standard InChI is InChI=1S/C15H14ClFN2O2/c16-13-8-10(17)4-5-14(13)19-15(20)6-7-21-12-3-1-2-11(18)9-12/h1-5,8-9H,6-7,18H2,(H,19,20). The van der Waals surface area contributed by atoms with Crippen molar-refractivity contribution in [3.8, 4) is 5.75 Å². The number of nitrogen functional groups attached to an aromatic ring is 1. The van der Waals surface area contributed by atoms with Crippen molar-refractivity contribution in [2.75, 3.05) is 17.7 Å². The van der Waals surface area contributed by atoms with E-state index >= 15 is 0 Å². The maximum atomic E-state index is 12.9. The highest BCUT2D eigenvalue weighted by molar-refractivity contribution is 6.33. The number of anilines is 2. The lowest BCUT2D eigenvalue weighted by Crippen LogP contribution is -2.15. The van der Waals surface area contributed by atoms with Crippen LogP contribution in [0.3, 0.4) is 0 Å². The summed E-state index contributed by atoms with van der Waals surface area (Å²) in [5.41, 5.74) is 6.58. The molecule has 21 heavy (non-hydrogen) atoms. The Morgan fingerprint density at radius 2 is 2.10 bits per heavy atom. The van der Waals surface area contributed by atoms with Gasteiger partial charge in [-0.15, -0.1) is 0 Å². The summed E-state index contributed by atoms with van der Waals surface area (Å²) in [6.07, 6.45) is 0.141. The van der Waals surface area contributed by atoms with Crippen LogP contribution >= 0.6 is 11.6 Å². The number of ether oxygens (including phenoxy) is 1. The molecule has 0 bridgehead atoms. The number of benzene rings is 2. The van der Waals surface area contributed by atoms with Gasteiger partial charge in [-0.3, -0.25) is 4.79 Å². The van der Waals surface area contributed by atoms with Crippen LogP contribution in [0.2, 0.25) is 5.02 Å². The van der Waals surface area contributed by atoms with E-state index in [0.29, 0.717) is 17.1 Å². The quantitative estimate of drug-likeness (QED) is 0.831. The van der Waals surface area contributed by atoms with Gasteiger partial charge in [0.05, 0.1) is 23.7 Å². The van der Waals surface area contributed by atoms with Crippen molar-refractivity contribution in [1.82, 2.24) is 0 Å². The van der Waals surface area contributed by atoms with Crippen molar-refractivity contribution in [2.45, 2.75) is 6.42 Å². The van der Waals surface area contributed by atoms with Gasteiger partial charge in [-0.2, -0.15) is 0 Å². The molecule has 0 unspecified atom stereocenters. The molecule has 0 aromatic heterocycles. The molecule has 6 heteroatoms. The summed E-state index contributed by atoms with van der Waals surface area (Å²) in [5.74, 6) is -0.127. The lowest BCUT2D eigenvalue weighted by atomic mass is 10.3. The lowest BCUT2D eigenvalue weighted by Gasteiger charge is -2.09. The Morgan fingerprint density at radius 3 is 2.81 bits per heavy atom. The van der Waals surface area contributed by atoms with Gasteiger partial charge in [0.1, 0.15) is 11.6 Å². The molecule has 0 radical (unpaired) electrons. The summed E-state index contributed by atoms with van der Waals surface area (Å²) < 4.78 is 18.3. The fourth-order valence-electron chi connectivity index (χ4n) is 1.67. The van der Waals surface area contributed by atoms with E-state index in [4.69, 9.17) is 22.1 Å². The zero-order chi connectivity index (χ0) is 15.2. The van der Waals surface area contributed by atoms with E-state index in [1.165, 1.54) is 12.1 Å². The van der Waals surface area contributed by atoms with Crippen molar-refractivity contribution in [3.63, 3.8) is 0 Å². The molecular formula is C15H14ClFN2O2. The molecule has 110 valence electrons. The molecule has 0 fully saturated rings. The first-order chi connectivity index (χ1) is 10.0. The molecule has 0 saturated heterocycles. The molecule has 2 aromatic rings. The van der Waals surface area contributed by atoms with E-state index in [0.717, 1.165) is 6.07 Å². The molecule has 0 aliphatic heterocycles. The topological polar surface area (TPSA) is 64.3 Å². The highest BCUT2D eigenvalue weighted by Crippen LogP contribution is 2.22. The summed E-state index contributed by atoms with van der Waals surface area (Å²) in [6, 6.07) is 10.7. The van der Waals surface area contributed by atoms with Crippen LogP contribution in [-0.4, -0.2) is 12.5 Å². The Bertz CT molecular complexity index is 649. The number of hydrogen-bond acceptors (Lipinski definition) is 3. The smallest absolute Gasteiger partial charge is 0.227 e. The Hall–Kier alpha value is -2.27. The summed E-state index contributed by atoms with van der Waals surface area (Å²) in [6.45, 7) is 0.202. The number of nitrogens with two attached hydrogens (primary N) is 1. The fourth-order valence-corrected chi connectivity index (χ4v) is 1.88. The van der Waals surface area contributed by atoms with Crippen molar-refractivity contribution >= 4 is 28.9 Å². The molecule has 3 N–H and O–H groups in total. The third-order valence-corrected chi connectivity index (χ3v) is 2.97.